The molecule has 4 nitrogen and oxygen atoms in total. The van der Waals surface area contributed by atoms with Crippen molar-refractivity contribution in [2.45, 2.75) is 56.7 Å². The Kier molecular flexibility index (Phi) is 4.97. The Morgan fingerprint density at radius 3 is 2.39 bits per heavy atom. The van der Waals surface area contributed by atoms with Gasteiger partial charge in [-0.25, -0.2) is 4.39 Å². The lowest BCUT2D eigenvalue weighted by Crippen LogP contribution is -2.57. The van der Waals surface area contributed by atoms with Crippen LogP contribution in [0, 0.1) is 5.82 Å². The van der Waals surface area contributed by atoms with Crippen molar-refractivity contribution in [2.24, 2.45) is 0 Å². The summed E-state index contributed by atoms with van der Waals surface area (Å²) in [6, 6.07) is 8.32. The first-order valence-corrected chi connectivity index (χ1v) is 8.52. The van der Waals surface area contributed by atoms with E-state index in [1.807, 2.05) is 24.0 Å². The van der Waals surface area contributed by atoms with Crippen LogP contribution in [0.4, 0.5) is 4.39 Å². The monoisotopic (exact) mass is 320 g/mol. The van der Waals surface area contributed by atoms with Gasteiger partial charge >= 0.3 is 5.97 Å². The highest BCUT2D eigenvalue weighted by Gasteiger charge is 2.38. The molecule has 0 spiro atoms. The average Bonchev–Trinajstić information content (AvgIpc) is 2.43. The molecule has 2 N–H and O–H groups in total. The molecule has 2 fully saturated rings. The zero-order valence-corrected chi connectivity index (χ0v) is 13.5. The van der Waals surface area contributed by atoms with Crippen LogP contribution >= 0.6 is 0 Å². The number of carboxylic acid groups (broad SMARTS) is 1. The second-order valence-corrected chi connectivity index (χ2v) is 6.86. The number of carbonyl (C=O) groups is 1. The van der Waals surface area contributed by atoms with Crippen LogP contribution in [0.2, 0.25) is 0 Å². The van der Waals surface area contributed by atoms with Gasteiger partial charge < -0.3 is 10.4 Å². The fourth-order valence-electron chi connectivity index (χ4n) is 3.79. The lowest BCUT2D eigenvalue weighted by Gasteiger charge is -2.46. The van der Waals surface area contributed by atoms with Crippen LogP contribution in [-0.2, 0) is 4.79 Å². The summed E-state index contributed by atoms with van der Waals surface area (Å²) < 4.78 is 12.9. The quantitative estimate of drug-likeness (QED) is 0.811. The van der Waals surface area contributed by atoms with Gasteiger partial charge in [-0.3, -0.25) is 9.69 Å². The van der Waals surface area contributed by atoms with Gasteiger partial charge in [0, 0.05) is 18.1 Å². The molecule has 0 heterocycles. The number of aliphatic carboxylic acids is 1. The zero-order valence-electron chi connectivity index (χ0n) is 13.5. The summed E-state index contributed by atoms with van der Waals surface area (Å²) in [6.07, 6.45) is 4.30. The highest BCUT2D eigenvalue weighted by atomic mass is 19.1. The molecule has 2 saturated carbocycles. The van der Waals surface area contributed by atoms with E-state index in [4.69, 9.17) is 5.11 Å². The van der Waals surface area contributed by atoms with E-state index in [2.05, 4.69) is 5.32 Å². The molecule has 0 unspecified atom stereocenters. The average molecular weight is 320 g/mol. The summed E-state index contributed by atoms with van der Waals surface area (Å²) in [5.74, 6) is -0.377. The predicted molar refractivity (Wildman–Crippen MR) is 87.0 cm³/mol. The van der Waals surface area contributed by atoms with E-state index in [9.17, 15) is 9.18 Å². The third-order valence-electron chi connectivity index (χ3n) is 5.33. The van der Waals surface area contributed by atoms with E-state index in [0.29, 0.717) is 24.0 Å². The predicted octanol–water partition coefficient (Wildman–Crippen LogP) is 2.60. The first-order chi connectivity index (χ1) is 11.0. The normalized spacial score (nSPS) is 29.9. The van der Waals surface area contributed by atoms with Gasteiger partial charge in [0.15, 0.2) is 0 Å². The van der Waals surface area contributed by atoms with E-state index < -0.39 is 5.97 Å². The molecule has 0 bridgehead atoms. The maximum Gasteiger partial charge on any atom is 0.317 e. The van der Waals surface area contributed by atoms with Crippen LogP contribution in [0.25, 0.3) is 0 Å². The summed E-state index contributed by atoms with van der Waals surface area (Å²) in [5, 5.41) is 12.6. The van der Waals surface area contributed by atoms with Crippen molar-refractivity contribution in [3.63, 3.8) is 0 Å². The third-order valence-corrected chi connectivity index (χ3v) is 5.33. The Morgan fingerprint density at radius 1 is 1.22 bits per heavy atom. The zero-order chi connectivity index (χ0) is 16.4. The van der Waals surface area contributed by atoms with Crippen molar-refractivity contribution in [1.82, 2.24) is 10.2 Å². The minimum atomic E-state index is -0.746. The lowest BCUT2D eigenvalue weighted by atomic mass is 9.74. The Balaban J connectivity index is 1.37. The van der Waals surface area contributed by atoms with Gasteiger partial charge in [0.1, 0.15) is 5.82 Å². The number of hydrogen-bond acceptors (Lipinski definition) is 3. The van der Waals surface area contributed by atoms with Gasteiger partial charge in [-0.15, -0.1) is 0 Å². The van der Waals surface area contributed by atoms with Crippen molar-refractivity contribution >= 4 is 5.97 Å². The van der Waals surface area contributed by atoms with Crippen LogP contribution < -0.4 is 5.32 Å². The number of likely N-dealkylation sites (N-methyl/N-ethyl adjacent to an activating group) is 1. The first kappa shape index (κ1) is 16.4. The third kappa shape index (κ3) is 3.90. The number of hydrogen-bond donors (Lipinski definition) is 2. The number of benzene rings is 1. The van der Waals surface area contributed by atoms with Crippen LogP contribution in [0.5, 0.6) is 0 Å². The molecule has 0 amide bonds. The Morgan fingerprint density at radius 2 is 1.83 bits per heavy atom. The summed E-state index contributed by atoms with van der Waals surface area (Å²) in [4.78, 5) is 12.9. The van der Waals surface area contributed by atoms with E-state index in [-0.39, 0.29) is 12.4 Å². The summed E-state index contributed by atoms with van der Waals surface area (Å²) in [7, 11) is 0. The van der Waals surface area contributed by atoms with Gasteiger partial charge in [0.05, 0.1) is 6.54 Å². The van der Waals surface area contributed by atoms with Gasteiger partial charge in [-0.1, -0.05) is 19.1 Å². The molecule has 1 aromatic carbocycles. The van der Waals surface area contributed by atoms with E-state index in [1.54, 1.807) is 0 Å². The number of nitrogens with one attached hydrogen (secondary N) is 1. The van der Waals surface area contributed by atoms with Crippen LogP contribution in [0.15, 0.2) is 24.3 Å². The van der Waals surface area contributed by atoms with Crippen LogP contribution in [0.3, 0.4) is 0 Å². The topological polar surface area (TPSA) is 52.6 Å². The minimum absolute atomic E-state index is 0.143. The molecule has 2 aliphatic carbocycles. The van der Waals surface area contributed by atoms with Gasteiger partial charge in [0.25, 0.3) is 0 Å². The Labute approximate surface area is 136 Å². The molecule has 0 radical (unpaired) electrons. The summed E-state index contributed by atoms with van der Waals surface area (Å²) in [6.45, 7) is 2.95. The molecule has 23 heavy (non-hydrogen) atoms. The molecule has 3 rings (SSSR count). The smallest absolute Gasteiger partial charge is 0.317 e. The second-order valence-electron chi connectivity index (χ2n) is 6.86. The van der Waals surface area contributed by atoms with Crippen molar-refractivity contribution in [2.75, 3.05) is 13.1 Å². The Hall–Kier alpha value is -1.46. The first-order valence-electron chi connectivity index (χ1n) is 8.52. The minimum Gasteiger partial charge on any atom is -0.480 e. The fourth-order valence-corrected chi connectivity index (χ4v) is 3.79. The van der Waals surface area contributed by atoms with Crippen molar-refractivity contribution in [3.8, 4) is 0 Å². The fraction of sp³-hybridized carbons (Fsp3) is 0.611. The van der Waals surface area contributed by atoms with E-state index in [0.717, 1.165) is 32.2 Å². The van der Waals surface area contributed by atoms with E-state index >= 15 is 0 Å². The standard InChI is InChI=1S/C18H25FN2O2/c1-2-21(11-18(22)23)17-9-16(10-17)20-15-7-13(8-15)12-3-5-14(19)6-4-12/h3-6,13,15-17,20H,2,7-11H2,1H3,(H,22,23). The molecule has 5 heteroatoms. The Bertz CT molecular complexity index is 536. The lowest BCUT2D eigenvalue weighted by molar-refractivity contribution is -0.139. The molecule has 0 atom stereocenters. The molecule has 0 aromatic heterocycles. The molecular formula is C18H25FN2O2. The molecule has 126 valence electrons. The molecule has 0 aliphatic heterocycles. The van der Waals surface area contributed by atoms with Crippen molar-refractivity contribution < 1.29 is 14.3 Å². The molecular weight excluding hydrogens is 295 g/mol. The number of nitrogens with zero attached hydrogens (tertiary/aromatic N) is 1. The summed E-state index contributed by atoms with van der Waals surface area (Å²) >= 11 is 0. The molecule has 2 aliphatic rings. The van der Waals surface area contributed by atoms with E-state index in [1.165, 1.54) is 17.7 Å². The highest BCUT2D eigenvalue weighted by molar-refractivity contribution is 5.69. The SMILES string of the molecule is CCN(CC(=O)O)C1CC(NC2CC(c3ccc(F)cc3)C2)C1. The highest BCUT2D eigenvalue weighted by Crippen LogP contribution is 2.38. The molecule has 1 aromatic rings. The van der Waals surface area contributed by atoms with Crippen LogP contribution in [-0.4, -0.2) is 47.2 Å². The number of halogens is 1. The van der Waals surface area contributed by atoms with Gasteiger partial charge in [0.2, 0.25) is 0 Å². The second kappa shape index (κ2) is 6.97. The maximum atomic E-state index is 12.9. The number of rotatable bonds is 7. The van der Waals surface area contributed by atoms with Gasteiger partial charge in [-0.05, 0) is 55.8 Å². The van der Waals surface area contributed by atoms with Gasteiger partial charge in [-0.2, -0.15) is 0 Å². The van der Waals surface area contributed by atoms with Crippen molar-refractivity contribution in [3.05, 3.63) is 35.6 Å². The summed E-state index contributed by atoms with van der Waals surface area (Å²) in [5.41, 5.74) is 1.23. The van der Waals surface area contributed by atoms with Crippen molar-refractivity contribution in [1.29, 1.82) is 0 Å². The molecule has 0 saturated heterocycles. The number of carboxylic acids is 1. The van der Waals surface area contributed by atoms with Crippen LogP contribution in [0.1, 0.15) is 44.1 Å². The largest absolute Gasteiger partial charge is 0.480 e. The maximum absolute atomic E-state index is 12.9.